The third-order valence-corrected chi connectivity index (χ3v) is 6.03. The molecule has 146 valence electrons. The molecule has 4 rings (SSSR count). The van der Waals surface area contributed by atoms with Crippen molar-refractivity contribution < 1.29 is 14.0 Å². The molecular formula is C19H18ClFN4O2S. The second-order valence-corrected chi connectivity index (χ2v) is 8.13. The molecule has 0 aliphatic heterocycles. The molecule has 1 saturated carbocycles. The third-order valence-electron chi connectivity index (χ3n) is 4.95. The van der Waals surface area contributed by atoms with Gasteiger partial charge >= 0.3 is 0 Å². The van der Waals surface area contributed by atoms with Gasteiger partial charge < -0.3 is 10.6 Å². The summed E-state index contributed by atoms with van der Waals surface area (Å²) in [5.74, 6) is -0.932. The van der Waals surface area contributed by atoms with Crippen LogP contribution in [0.15, 0.2) is 36.0 Å². The van der Waals surface area contributed by atoms with Gasteiger partial charge in [0.15, 0.2) is 4.96 Å². The summed E-state index contributed by atoms with van der Waals surface area (Å²) in [5.41, 5.74) is 0.806. The Hall–Kier alpha value is -2.45. The quantitative estimate of drug-likeness (QED) is 0.666. The van der Waals surface area contributed by atoms with E-state index in [2.05, 4.69) is 15.6 Å². The lowest BCUT2D eigenvalue weighted by Crippen LogP contribution is -2.39. The molecule has 2 amide bonds. The molecule has 0 spiro atoms. The van der Waals surface area contributed by atoms with Crippen molar-refractivity contribution in [2.75, 3.05) is 5.32 Å². The molecule has 1 aliphatic carbocycles. The van der Waals surface area contributed by atoms with Gasteiger partial charge in [0.1, 0.15) is 11.5 Å². The lowest BCUT2D eigenvalue weighted by atomic mass is 9.85. The highest BCUT2D eigenvalue weighted by Gasteiger charge is 2.28. The molecule has 0 unspecified atom stereocenters. The molecule has 28 heavy (non-hydrogen) atoms. The molecular weight excluding hydrogens is 403 g/mol. The zero-order chi connectivity index (χ0) is 19.7. The molecule has 0 saturated heterocycles. The van der Waals surface area contributed by atoms with Crippen molar-refractivity contribution in [3.63, 3.8) is 0 Å². The highest BCUT2D eigenvalue weighted by atomic mass is 35.5. The number of imidazole rings is 1. The lowest BCUT2D eigenvalue weighted by molar-refractivity contribution is -0.120. The molecule has 2 aromatic heterocycles. The van der Waals surface area contributed by atoms with E-state index in [1.807, 2.05) is 16.0 Å². The normalized spacial score (nSPS) is 19.5. The van der Waals surface area contributed by atoms with Crippen molar-refractivity contribution in [1.82, 2.24) is 14.7 Å². The van der Waals surface area contributed by atoms with Crippen LogP contribution >= 0.6 is 22.9 Å². The number of nitrogens with zero attached hydrogens (tertiary/aromatic N) is 2. The van der Waals surface area contributed by atoms with Crippen molar-refractivity contribution in [2.24, 2.45) is 5.92 Å². The van der Waals surface area contributed by atoms with Crippen molar-refractivity contribution in [3.8, 4) is 0 Å². The number of halogens is 2. The van der Waals surface area contributed by atoms with Crippen molar-refractivity contribution >= 4 is 45.4 Å². The standard InChI is InChI=1S/C19H18ClFN4O2S/c20-14-9-12(21)3-6-15(14)23-17(26)11-1-4-13(5-2-11)22-18(27)16-10-25-7-8-28-19(25)24-16/h3,6-11,13H,1-2,4-5H2,(H,22,27)(H,23,26)/t11-,13-. The van der Waals surface area contributed by atoms with Crippen LogP contribution in [-0.4, -0.2) is 27.2 Å². The fourth-order valence-electron chi connectivity index (χ4n) is 3.42. The van der Waals surface area contributed by atoms with Gasteiger partial charge in [0, 0.05) is 29.7 Å². The summed E-state index contributed by atoms with van der Waals surface area (Å²) in [7, 11) is 0. The van der Waals surface area contributed by atoms with Crippen LogP contribution in [0.3, 0.4) is 0 Å². The van der Waals surface area contributed by atoms with Gasteiger partial charge in [-0.15, -0.1) is 11.3 Å². The SMILES string of the molecule is O=C(N[C@H]1CC[C@H](C(=O)Nc2ccc(F)cc2Cl)CC1)c1cn2ccsc2n1. The highest BCUT2D eigenvalue weighted by molar-refractivity contribution is 7.15. The number of hydrogen-bond acceptors (Lipinski definition) is 4. The number of fused-ring (bicyclic) bond motifs is 1. The highest BCUT2D eigenvalue weighted by Crippen LogP contribution is 2.28. The number of anilines is 1. The number of rotatable bonds is 4. The van der Waals surface area contributed by atoms with Crippen LogP contribution in [0.25, 0.3) is 4.96 Å². The first-order valence-electron chi connectivity index (χ1n) is 8.98. The van der Waals surface area contributed by atoms with Crippen LogP contribution in [0.5, 0.6) is 0 Å². The zero-order valence-corrected chi connectivity index (χ0v) is 16.4. The Morgan fingerprint density at radius 2 is 2.04 bits per heavy atom. The molecule has 2 N–H and O–H groups in total. The van der Waals surface area contributed by atoms with E-state index in [-0.39, 0.29) is 28.8 Å². The topological polar surface area (TPSA) is 75.5 Å². The molecule has 1 aromatic carbocycles. The van der Waals surface area contributed by atoms with E-state index in [4.69, 9.17) is 11.6 Å². The van der Waals surface area contributed by atoms with E-state index in [9.17, 15) is 14.0 Å². The second kappa shape index (κ2) is 7.89. The first kappa shape index (κ1) is 18.9. The predicted molar refractivity (Wildman–Crippen MR) is 106 cm³/mol. The Morgan fingerprint density at radius 3 is 2.75 bits per heavy atom. The number of nitrogens with one attached hydrogen (secondary N) is 2. The van der Waals surface area contributed by atoms with E-state index in [1.165, 1.54) is 29.5 Å². The number of hydrogen-bond donors (Lipinski definition) is 2. The van der Waals surface area contributed by atoms with Crippen molar-refractivity contribution in [2.45, 2.75) is 31.7 Å². The molecule has 9 heteroatoms. The second-order valence-electron chi connectivity index (χ2n) is 6.85. The van der Waals surface area contributed by atoms with E-state index in [1.54, 1.807) is 6.20 Å². The lowest BCUT2D eigenvalue weighted by Gasteiger charge is -2.28. The van der Waals surface area contributed by atoms with Gasteiger partial charge in [0.25, 0.3) is 5.91 Å². The zero-order valence-electron chi connectivity index (χ0n) is 14.8. The monoisotopic (exact) mass is 420 g/mol. The maximum Gasteiger partial charge on any atom is 0.271 e. The van der Waals surface area contributed by atoms with Crippen LogP contribution in [-0.2, 0) is 4.79 Å². The summed E-state index contributed by atoms with van der Waals surface area (Å²) in [6, 6.07) is 3.90. The van der Waals surface area contributed by atoms with E-state index in [0.29, 0.717) is 37.1 Å². The number of aromatic nitrogens is 2. The minimum absolute atomic E-state index is 0.0192. The molecule has 0 bridgehead atoms. The Balaban J connectivity index is 1.29. The van der Waals surface area contributed by atoms with Crippen LogP contribution in [0, 0.1) is 11.7 Å². The maximum absolute atomic E-state index is 13.1. The molecule has 1 aliphatic rings. The molecule has 3 aromatic rings. The van der Waals surface area contributed by atoms with Crippen LogP contribution in [0.2, 0.25) is 5.02 Å². The Bertz CT molecular complexity index is 998. The van der Waals surface area contributed by atoms with Gasteiger partial charge in [0.2, 0.25) is 5.91 Å². The largest absolute Gasteiger partial charge is 0.348 e. The van der Waals surface area contributed by atoms with Gasteiger partial charge in [0.05, 0.1) is 10.7 Å². The first-order chi connectivity index (χ1) is 13.5. The molecule has 0 radical (unpaired) electrons. The summed E-state index contributed by atoms with van der Waals surface area (Å²) in [6.45, 7) is 0. The number of carbonyl (C=O) groups is 2. The third kappa shape index (κ3) is 4.02. The van der Waals surface area contributed by atoms with E-state index in [0.717, 1.165) is 4.96 Å². The van der Waals surface area contributed by atoms with Gasteiger partial charge in [-0.1, -0.05) is 11.6 Å². The van der Waals surface area contributed by atoms with Crippen LogP contribution < -0.4 is 10.6 Å². The molecule has 1 fully saturated rings. The maximum atomic E-state index is 13.1. The number of benzene rings is 1. The minimum Gasteiger partial charge on any atom is -0.348 e. The van der Waals surface area contributed by atoms with Gasteiger partial charge in [-0.05, 0) is 43.9 Å². The predicted octanol–water partition coefficient (Wildman–Crippen LogP) is 4.12. The number of thiazole rings is 1. The average molecular weight is 421 g/mol. The summed E-state index contributed by atoms with van der Waals surface area (Å²) in [5, 5.41) is 7.86. The van der Waals surface area contributed by atoms with Gasteiger partial charge in [-0.25, -0.2) is 9.37 Å². The van der Waals surface area contributed by atoms with Crippen LogP contribution in [0.4, 0.5) is 10.1 Å². The minimum atomic E-state index is -0.447. The van der Waals surface area contributed by atoms with E-state index >= 15 is 0 Å². The van der Waals surface area contributed by atoms with Crippen molar-refractivity contribution in [1.29, 1.82) is 0 Å². The Morgan fingerprint density at radius 1 is 1.25 bits per heavy atom. The fourth-order valence-corrected chi connectivity index (χ4v) is 4.34. The summed E-state index contributed by atoms with van der Waals surface area (Å²) in [4.78, 5) is 29.9. The van der Waals surface area contributed by atoms with Crippen molar-refractivity contribution in [3.05, 3.63) is 52.5 Å². The summed E-state index contributed by atoms with van der Waals surface area (Å²) < 4.78 is 14.9. The van der Waals surface area contributed by atoms with Crippen LogP contribution in [0.1, 0.15) is 36.2 Å². The van der Waals surface area contributed by atoms with Gasteiger partial charge in [-0.2, -0.15) is 0 Å². The van der Waals surface area contributed by atoms with Gasteiger partial charge in [-0.3, -0.25) is 14.0 Å². The smallest absolute Gasteiger partial charge is 0.271 e. The summed E-state index contributed by atoms with van der Waals surface area (Å²) >= 11 is 7.44. The van der Waals surface area contributed by atoms with E-state index < -0.39 is 5.82 Å². The number of amides is 2. The molecule has 6 nitrogen and oxygen atoms in total. The molecule has 0 atom stereocenters. The first-order valence-corrected chi connectivity index (χ1v) is 10.2. The Labute approximate surface area is 169 Å². The fraction of sp³-hybridized carbons (Fsp3) is 0.316. The molecule has 2 heterocycles. The Kier molecular flexibility index (Phi) is 5.32. The average Bonchev–Trinajstić information content (AvgIpc) is 3.26. The summed E-state index contributed by atoms with van der Waals surface area (Å²) in [6.07, 6.45) is 6.32. The number of carbonyl (C=O) groups excluding carboxylic acids is 2.